The van der Waals surface area contributed by atoms with Gasteiger partial charge < -0.3 is 15.0 Å². The van der Waals surface area contributed by atoms with E-state index in [9.17, 15) is 9.59 Å². The van der Waals surface area contributed by atoms with Crippen LogP contribution in [0, 0.1) is 0 Å². The predicted octanol–water partition coefficient (Wildman–Crippen LogP) is 3.36. The predicted molar refractivity (Wildman–Crippen MR) is 103 cm³/mol. The molecule has 1 aliphatic rings. The van der Waals surface area contributed by atoms with Crippen LogP contribution in [0.15, 0.2) is 54.7 Å². The number of H-pyrrole nitrogens is 1. The summed E-state index contributed by atoms with van der Waals surface area (Å²) in [5.74, 6) is 0.287. The Kier molecular flexibility index (Phi) is 4.73. The van der Waals surface area contributed by atoms with E-state index in [4.69, 9.17) is 16.3 Å². The van der Waals surface area contributed by atoms with Crippen molar-refractivity contribution >= 4 is 34.4 Å². The highest BCUT2D eigenvalue weighted by Crippen LogP contribution is 2.23. The van der Waals surface area contributed by atoms with Gasteiger partial charge in [0, 0.05) is 23.5 Å². The highest BCUT2D eigenvalue weighted by molar-refractivity contribution is 6.32. The number of aromatic nitrogens is 1. The van der Waals surface area contributed by atoms with E-state index in [0.717, 1.165) is 16.5 Å². The molecule has 0 bridgehead atoms. The summed E-state index contributed by atoms with van der Waals surface area (Å²) in [5, 5.41) is 4.31. The molecule has 1 aliphatic heterocycles. The lowest BCUT2D eigenvalue weighted by Crippen LogP contribution is -2.35. The average molecular weight is 384 g/mol. The van der Waals surface area contributed by atoms with Gasteiger partial charge in [0.1, 0.15) is 18.4 Å². The zero-order valence-corrected chi connectivity index (χ0v) is 15.2. The number of amides is 3. The summed E-state index contributed by atoms with van der Waals surface area (Å²) in [5.41, 5.74) is 2.01. The number of benzene rings is 2. The summed E-state index contributed by atoms with van der Waals surface area (Å²) in [4.78, 5) is 29.2. The van der Waals surface area contributed by atoms with Gasteiger partial charge >= 0.3 is 6.03 Å². The first-order chi connectivity index (χ1) is 13.1. The van der Waals surface area contributed by atoms with Crippen LogP contribution < -0.4 is 10.1 Å². The topological polar surface area (TPSA) is 74.4 Å². The molecule has 0 radical (unpaired) electrons. The van der Waals surface area contributed by atoms with Crippen molar-refractivity contribution in [2.45, 2.75) is 12.5 Å². The minimum absolute atomic E-state index is 0.167. The fourth-order valence-corrected chi connectivity index (χ4v) is 3.45. The Morgan fingerprint density at radius 2 is 1.85 bits per heavy atom. The van der Waals surface area contributed by atoms with Crippen LogP contribution >= 0.6 is 11.6 Å². The number of aromatic amines is 1. The molecule has 2 aromatic carbocycles. The first-order valence-electron chi connectivity index (χ1n) is 8.67. The van der Waals surface area contributed by atoms with Gasteiger partial charge in [-0.1, -0.05) is 41.9 Å². The van der Waals surface area contributed by atoms with Crippen molar-refractivity contribution in [3.63, 3.8) is 0 Å². The van der Waals surface area contributed by atoms with E-state index in [1.165, 1.54) is 4.90 Å². The van der Waals surface area contributed by atoms with E-state index in [-0.39, 0.29) is 19.1 Å². The number of carbonyl (C=O) groups excluding carboxylic acids is 2. The van der Waals surface area contributed by atoms with Gasteiger partial charge in [0.25, 0.3) is 5.91 Å². The van der Waals surface area contributed by atoms with E-state index in [2.05, 4.69) is 10.3 Å². The molecule has 1 atom stereocenters. The summed E-state index contributed by atoms with van der Waals surface area (Å²) < 4.78 is 5.58. The van der Waals surface area contributed by atoms with Crippen LogP contribution in [0.5, 0.6) is 5.75 Å². The highest BCUT2D eigenvalue weighted by atomic mass is 35.5. The summed E-state index contributed by atoms with van der Waals surface area (Å²) in [6.45, 7) is 0.350. The Bertz CT molecular complexity index is 1000. The highest BCUT2D eigenvalue weighted by Gasteiger charge is 2.38. The number of fused-ring (bicyclic) bond motifs is 1. The Balaban J connectivity index is 1.39. The van der Waals surface area contributed by atoms with Crippen LogP contribution in [0.1, 0.15) is 5.56 Å². The number of para-hydroxylation sites is 2. The van der Waals surface area contributed by atoms with Crippen LogP contribution in [0.25, 0.3) is 10.9 Å². The molecule has 0 aliphatic carbocycles. The second-order valence-corrected chi connectivity index (χ2v) is 6.74. The van der Waals surface area contributed by atoms with Crippen molar-refractivity contribution in [2.75, 3.05) is 13.2 Å². The second-order valence-electron chi connectivity index (χ2n) is 6.33. The molecule has 138 valence electrons. The average Bonchev–Trinajstić information content (AvgIpc) is 3.19. The molecular weight excluding hydrogens is 366 g/mol. The quantitative estimate of drug-likeness (QED) is 0.641. The minimum atomic E-state index is -0.572. The number of halogens is 1. The zero-order valence-electron chi connectivity index (χ0n) is 14.4. The van der Waals surface area contributed by atoms with Crippen LogP contribution in [0.3, 0.4) is 0 Å². The van der Waals surface area contributed by atoms with Gasteiger partial charge in [0.05, 0.1) is 11.6 Å². The molecule has 4 rings (SSSR count). The standard InChI is InChI=1S/C20H18ClN3O3/c21-15-6-2-4-8-18(15)27-10-9-24-19(25)17(23-20(24)26)11-13-12-22-16-7-3-1-5-14(13)16/h1-8,12,17,22H,9-11H2,(H,23,26)/t17-/m1/s1. The number of urea groups is 1. The number of nitrogens with zero attached hydrogens (tertiary/aromatic N) is 1. The molecule has 2 N–H and O–H groups in total. The molecule has 6 nitrogen and oxygen atoms in total. The lowest BCUT2D eigenvalue weighted by atomic mass is 10.1. The van der Waals surface area contributed by atoms with Gasteiger partial charge in [-0.25, -0.2) is 4.79 Å². The van der Waals surface area contributed by atoms with Crippen LogP contribution in [0.2, 0.25) is 5.02 Å². The number of rotatable bonds is 6. The summed E-state index contributed by atoms with van der Waals surface area (Å²) in [6, 6.07) is 14.0. The molecule has 0 saturated carbocycles. The van der Waals surface area contributed by atoms with E-state index < -0.39 is 12.1 Å². The fourth-order valence-electron chi connectivity index (χ4n) is 3.26. The SMILES string of the molecule is O=C1N[C@H](Cc2c[nH]c3ccccc23)C(=O)N1CCOc1ccccc1Cl. The van der Waals surface area contributed by atoms with Crippen LogP contribution in [-0.2, 0) is 11.2 Å². The lowest BCUT2D eigenvalue weighted by molar-refractivity contribution is -0.127. The molecule has 2 heterocycles. The first kappa shape index (κ1) is 17.4. The molecule has 27 heavy (non-hydrogen) atoms. The van der Waals surface area contributed by atoms with Crippen molar-refractivity contribution in [2.24, 2.45) is 0 Å². The molecule has 3 aromatic rings. The van der Waals surface area contributed by atoms with E-state index in [0.29, 0.717) is 17.2 Å². The Morgan fingerprint density at radius 1 is 1.07 bits per heavy atom. The number of imide groups is 1. The van der Waals surface area contributed by atoms with Crippen molar-refractivity contribution in [3.05, 3.63) is 65.3 Å². The Labute approximate surface area is 161 Å². The van der Waals surface area contributed by atoms with Gasteiger partial charge in [-0.3, -0.25) is 9.69 Å². The Morgan fingerprint density at radius 3 is 2.70 bits per heavy atom. The number of nitrogens with one attached hydrogen (secondary N) is 2. The molecular formula is C20H18ClN3O3. The monoisotopic (exact) mass is 383 g/mol. The first-order valence-corrected chi connectivity index (χ1v) is 9.05. The third-order valence-corrected chi connectivity index (χ3v) is 4.93. The normalized spacial score (nSPS) is 16.8. The molecule has 0 spiro atoms. The molecule has 1 aromatic heterocycles. The van der Waals surface area contributed by atoms with Crippen LogP contribution in [0.4, 0.5) is 4.79 Å². The smallest absolute Gasteiger partial charge is 0.324 e. The number of hydrogen-bond donors (Lipinski definition) is 2. The summed E-state index contributed by atoms with van der Waals surface area (Å²) in [7, 11) is 0. The molecule has 0 unspecified atom stereocenters. The second kappa shape index (κ2) is 7.32. The molecule has 1 saturated heterocycles. The van der Waals surface area contributed by atoms with Crippen molar-refractivity contribution in [1.82, 2.24) is 15.2 Å². The van der Waals surface area contributed by atoms with E-state index >= 15 is 0 Å². The maximum absolute atomic E-state index is 12.6. The zero-order chi connectivity index (χ0) is 18.8. The van der Waals surface area contributed by atoms with Gasteiger partial charge in [0.2, 0.25) is 0 Å². The number of ether oxygens (including phenoxy) is 1. The van der Waals surface area contributed by atoms with Gasteiger partial charge in [0.15, 0.2) is 0 Å². The number of carbonyl (C=O) groups is 2. The number of hydrogen-bond acceptors (Lipinski definition) is 3. The third-order valence-electron chi connectivity index (χ3n) is 4.62. The lowest BCUT2D eigenvalue weighted by Gasteiger charge is -2.14. The van der Waals surface area contributed by atoms with Gasteiger partial charge in [-0.2, -0.15) is 0 Å². The van der Waals surface area contributed by atoms with E-state index in [1.807, 2.05) is 42.6 Å². The third kappa shape index (κ3) is 3.48. The van der Waals surface area contributed by atoms with Crippen molar-refractivity contribution in [3.8, 4) is 5.75 Å². The van der Waals surface area contributed by atoms with Gasteiger partial charge in [-0.05, 0) is 23.8 Å². The molecule has 3 amide bonds. The van der Waals surface area contributed by atoms with E-state index in [1.54, 1.807) is 12.1 Å². The van der Waals surface area contributed by atoms with Crippen LogP contribution in [-0.4, -0.2) is 41.0 Å². The maximum Gasteiger partial charge on any atom is 0.324 e. The minimum Gasteiger partial charge on any atom is -0.490 e. The maximum atomic E-state index is 12.6. The summed E-state index contributed by atoms with van der Waals surface area (Å²) >= 11 is 6.04. The van der Waals surface area contributed by atoms with Gasteiger partial charge in [-0.15, -0.1) is 0 Å². The summed E-state index contributed by atoms with van der Waals surface area (Å²) in [6.07, 6.45) is 2.32. The fraction of sp³-hybridized carbons (Fsp3) is 0.200. The Hall–Kier alpha value is -2.99. The van der Waals surface area contributed by atoms with Crippen molar-refractivity contribution < 1.29 is 14.3 Å². The molecule has 1 fully saturated rings. The largest absolute Gasteiger partial charge is 0.490 e. The van der Waals surface area contributed by atoms with Crippen molar-refractivity contribution in [1.29, 1.82) is 0 Å². The molecule has 7 heteroatoms.